The lowest BCUT2D eigenvalue weighted by atomic mass is 10.1. The van der Waals surface area contributed by atoms with E-state index in [1.807, 2.05) is 24.3 Å². The Bertz CT molecular complexity index is 704. The third-order valence-corrected chi connectivity index (χ3v) is 3.66. The van der Waals surface area contributed by atoms with Gasteiger partial charge >= 0.3 is 0 Å². The lowest BCUT2D eigenvalue weighted by Crippen LogP contribution is -2.36. The van der Waals surface area contributed by atoms with Gasteiger partial charge < -0.3 is 15.2 Å². The Labute approximate surface area is 145 Å². The van der Waals surface area contributed by atoms with E-state index in [1.165, 1.54) is 11.6 Å². The summed E-state index contributed by atoms with van der Waals surface area (Å²) in [5.41, 5.74) is 2.09. The number of hydrogen-bond donors (Lipinski definition) is 2. The van der Waals surface area contributed by atoms with Gasteiger partial charge in [0.1, 0.15) is 18.5 Å². The summed E-state index contributed by atoms with van der Waals surface area (Å²) in [5, 5.41) is 12.4. The molecular formula is C19H21F2NO3. The van der Waals surface area contributed by atoms with Crippen molar-refractivity contribution in [2.75, 3.05) is 13.2 Å². The predicted molar refractivity (Wildman–Crippen MR) is 90.4 cm³/mol. The summed E-state index contributed by atoms with van der Waals surface area (Å²) in [4.78, 5) is 11.9. The van der Waals surface area contributed by atoms with Gasteiger partial charge in [-0.3, -0.25) is 4.79 Å². The van der Waals surface area contributed by atoms with Crippen molar-refractivity contribution < 1.29 is 23.4 Å². The molecular weight excluding hydrogens is 328 g/mol. The van der Waals surface area contributed by atoms with Crippen LogP contribution in [0.1, 0.15) is 18.1 Å². The quantitative estimate of drug-likeness (QED) is 0.770. The summed E-state index contributed by atoms with van der Waals surface area (Å²) in [7, 11) is 0. The maximum absolute atomic E-state index is 13.0. The summed E-state index contributed by atoms with van der Waals surface area (Å²) < 4.78 is 31.0. The van der Waals surface area contributed by atoms with Crippen molar-refractivity contribution in [2.24, 2.45) is 0 Å². The summed E-state index contributed by atoms with van der Waals surface area (Å²) in [6, 6.07) is 10.9. The third-order valence-electron chi connectivity index (χ3n) is 3.66. The molecule has 0 saturated carbocycles. The molecule has 0 aliphatic rings. The van der Waals surface area contributed by atoms with E-state index in [0.717, 1.165) is 24.1 Å². The average molecular weight is 349 g/mol. The number of halogens is 2. The van der Waals surface area contributed by atoms with Gasteiger partial charge in [-0.25, -0.2) is 8.78 Å². The van der Waals surface area contributed by atoms with Crippen LogP contribution in [0.2, 0.25) is 0 Å². The van der Waals surface area contributed by atoms with E-state index in [9.17, 15) is 18.7 Å². The molecule has 25 heavy (non-hydrogen) atoms. The summed E-state index contributed by atoms with van der Waals surface area (Å²) >= 11 is 0. The number of benzene rings is 2. The van der Waals surface area contributed by atoms with Crippen LogP contribution in [-0.2, 0) is 17.6 Å². The topological polar surface area (TPSA) is 58.6 Å². The fraction of sp³-hybridized carbons (Fsp3) is 0.316. The number of amides is 1. The molecule has 2 aromatic carbocycles. The molecule has 0 heterocycles. The Hall–Kier alpha value is -2.47. The van der Waals surface area contributed by atoms with Crippen molar-refractivity contribution in [3.63, 3.8) is 0 Å². The molecule has 0 saturated heterocycles. The van der Waals surface area contributed by atoms with Gasteiger partial charge in [0.15, 0.2) is 11.6 Å². The Morgan fingerprint density at radius 1 is 1.12 bits per heavy atom. The number of nitrogens with one attached hydrogen (secondary N) is 1. The van der Waals surface area contributed by atoms with Crippen molar-refractivity contribution in [3.05, 3.63) is 65.2 Å². The number of aliphatic hydroxyl groups is 1. The minimum absolute atomic E-state index is 0.00948. The largest absolute Gasteiger partial charge is 0.491 e. The van der Waals surface area contributed by atoms with Gasteiger partial charge in [-0.05, 0) is 29.7 Å². The van der Waals surface area contributed by atoms with Crippen LogP contribution >= 0.6 is 0 Å². The average Bonchev–Trinajstić information content (AvgIpc) is 2.61. The van der Waals surface area contributed by atoms with Crippen LogP contribution in [0.3, 0.4) is 0 Å². The molecule has 2 N–H and O–H groups in total. The number of aryl methyl sites for hydroxylation is 1. The number of ether oxygens (including phenoxy) is 1. The van der Waals surface area contributed by atoms with Crippen LogP contribution in [0.4, 0.5) is 8.78 Å². The van der Waals surface area contributed by atoms with Gasteiger partial charge in [0, 0.05) is 12.6 Å². The lowest BCUT2D eigenvalue weighted by Gasteiger charge is -2.13. The van der Waals surface area contributed by atoms with Crippen LogP contribution in [0, 0.1) is 11.6 Å². The highest BCUT2D eigenvalue weighted by molar-refractivity contribution is 5.78. The SMILES string of the molecule is CCc1ccc(CC(=O)NCC(O)COc2ccc(F)c(F)c2)cc1. The maximum Gasteiger partial charge on any atom is 0.224 e. The summed E-state index contributed by atoms with van der Waals surface area (Å²) in [5.74, 6) is -2.09. The van der Waals surface area contributed by atoms with E-state index >= 15 is 0 Å². The number of aliphatic hydroxyl groups excluding tert-OH is 1. The molecule has 0 spiro atoms. The smallest absolute Gasteiger partial charge is 0.224 e. The van der Waals surface area contributed by atoms with Crippen molar-refractivity contribution in [1.82, 2.24) is 5.32 Å². The van der Waals surface area contributed by atoms with Crippen molar-refractivity contribution in [2.45, 2.75) is 25.9 Å². The van der Waals surface area contributed by atoms with Gasteiger partial charge in [0.05, 0.1) is 6.42 Å². The molecule has 0 aliphatic carbocycles. The van der Waals surface area contributed by atoms with Crippen LogP contribution in [0.25, 0.3) is 0 Å². The van der Waals surface area contributed by atoms with Crippen molar-refractivity contribution >= 4 is 5.91 Å². The zero-order valence-electron chi connectivity index (χ0n) is 14.0. The highest BCUT2D eigenvalue weighted by Crippen LogP contribution is 2.15. The molecule has 1 unspecified atom stereocenters. The second-order valence-corrected chi connectivity index (χ2v) is 5.69. The molecule has 0 radical (unpaired) electrons. The molecule has 6 heteroatoms. The molecule has 0 aromatic heterocycles. The highest BCUT2D eigenvalue weighted by Gasteiger charge is 2.10. The molecule has 0 aliphatic heterocycles. The van der Waals surface area contributed by atoms with Crippen LogP contribution in [0.15, 0.2) is 42.5 Å². The Balaban J connectivity index is 1.72. The van der Waals surface area contributed by atoms with E-state index in [1.54, 1.807) is 0 Å². The monoisotopic (exact) mass is 349 g/mol. The first-order chi connectivity index (χ1) is 12.0. The van der Waals surface area contributed by atoms with E-state index < -0.39 is 17.7 Å². The molecule has 1 amide bonds. The molecule has 2 rings (SSSR count). The summed E-state index contributed by atoms with van der Waals surface area (Å²) in [6.07, 6.45) is 0.205. The number of rotatable bonds is 8. The Kier molecular flexibility index (Phi) is 6.89. The Morgan fingerprint density at radius 2 is 1.80 bits per heavy atom. The zero-order chi connectivity index (χ0) is 18.2. The van der Waals surface area contributed by atoms with Crippen LogP contribution < -0.4 is 10.1 Å². The van der Waals surface area contributed by atoms with Crippen LogP contribution in [0.5, 0.6) is 5.75 Å². The van der Waals surface area contributed by atoms with Crippen molar-refractivity contribution in [3.8, 4) is 5.75 Å². The maximum atomic E-state index is 13.0. The second-order valence-electron chi connectivity index (χ2n) is 5.69. The van der Waals surface area contributed by atoms with Crippen molar-refractivity contribution in [1.29, 1.82) is 0 Å². The van der Waals surface area contributed by atoms with E-state index in [2.05, 4.69) is 12.2 Å². The van der Waals surface area contributed by atoms with Crippen LogP contribution in [-0.4, -0.2) is 30.3 Å². The molecule has 1 atom stereocenters. The first-order valence-electron chi connectivity index (χ1n) is 8.08. The van der Waals surface area contributed by atoms with E-state index in [0.29, 0.717) is 0 Å². The van der Waals surface area contributed by atoms with Gasteiger partial charge in [-0.2, -0.15) is 0 Å². The normalized spacial score (nSPS) is 11.8. The van der Waals surface area contributed by atoms with Gasteiger partial charge in [0.25, 0.3) is 0 Å². The molecule has 2 aromatic rings. The first-order valence-corrected chi connectivity index (χ1v) is 8.08. The third kappa shape index (κ3) is 6.15. The molecule has 0 fully saturated rings. The molecule has 134 valence electrons. The number of carbonyl (C=O) groups is 1. The minimum atomic E-state index is -1.02. The standard InChI is InChI=1S/C19H21F2NO3/c1-2-13-3-5-14(6-4-13)9-19(24)22-11-15(23)12-25-16-7-8-17(20)18(21)10-16/h3-8,10,15,23H,2,9,11-12H2,1H3,(H,22,24). The van der Waals surface area contributed by atoms with Gasteiger partial charge in [-0.15, -0.1) is 0 Å². The molecule has 4 nitrogen and oxygen atoms in total. The molecule has 0 bridgehead atoms. The highest BCUT2D eigenvalue weighted by atomic mass is 19.2. The zero-order valence-corrected chi connectivity index (χ0v) is 14.0. The first kappa shape index (κ1) is 18.9. The second kappa shape index (κ2) is 9.13. The number of carbonyl (C=O) groups excluding carboxylic acids is 1. The van der Waals surface area contributed by atoms with Gasteiger partial charge in [-0.1, -0.05) is 31.2 Å². The minimum Gasteiger partial charge on any atom is -0.491 e. The fourth-order valence-electron chi connectivity index (χ4n) is 2.19. The Morgan fingerprint density at radius 3 is 2.44 bits per heavy atom. The van der Waals surface area contributed by atoms with Gasteiger partial charge in [0.2, 0.25) is 5.91 Å². The lowest BCUT2D eigenvalue weighted by molar-refractivity contribution is -0.121. The summed E-state index contributed by atoms with van der Waals surface area (Å²) in [6.45, 7) is 1.93. The number of hydrogen-bond acceptors (Lipinski definition) is 3. The predicted octanol–water partition coefficient (Wildman–Crippen LogP) is 2.63. The van der Waals surface area contributed by atoms with E-state index in [4.69, 9.17) is 4.74 Å². The van der Waals surface area contributed by atoms with E-state index in [-0.39, 0.29) is 31.2 Å². The fourth-order valence-corrected chi connectivity index (χ4v) is 2.19.